The number of imidazole rings is 1. The molecule has 1 saturated heterocycles. The van der Waals surface area contributed by atoms with Crippen LogP contribution in [0.1, 0.15) is 19.5 Å². The van der Waals surface area contributed by atoms with Gasteiger partial charge in [0.2, 0.25) is 11.8 Å². The molecule has 0 radical (unpaired) electrons. The SMILES string of the molecule is CC(C)C1NC(=O)CN(Cc2cn3ccccc3n2)C1=O. The lowest BCUT2D eigenvalue weighted by molar-refractivity contribution is -0.146. The van der Waals surface area contributed by atoms with Crippen LogP contribution in [-0.4, -0.2) is 38.7 Å². The van der Waals surface area contributed by atoms with Crippen molar-refractivity contribution in [3.05, 3.63) is 36.3 Å². The molecule has 1 atom stereocenters. The summed E-state index contributed by atoms with van der Waals surface area (Å²) in [6, 6.07) is 5.31. The predicted octanol–water partition coefficient (Wildman–Crippen LogP) is 0.817. The van der Waals surface area contributed by atoms with E-state index < -0.39 is 6.04 Å². The zero-order valence-electron chi connectivity index (χ0n) is 12.1. The monoisotopic (exact) mass is 286 g/mol. The molecule has 0 saturated carbocycles. The van der Waals surface area contributed by atoms with Gasteiger partial charge in [-0.2, -0.15) is 0 Å². The Morgan fingerprint density at radius 3 is 2.90 bits per heavy atom. The van der Waals surface area contributed by atoms with Crippen molar-refractivity contribution in [2.24, 2.45) is 5.92 Å². The molecule has 21 heavy (non-hydrogen) atoms. The van der Waals surface area contributed by atoms with E-state index in [9.17, 15) is 9.59 Å². The van der Waals surface area contributed by atoms with Gasteiger partial charge in [-0.05, 0) is 18.1 Å². The average Bonchev–Trinajstić information content (AvgIpc) is 2.84. The number of hydrogen-bond acceptors (Lipinski definition) is 3. The van der Waals surface area contributed by atoms with Crippen LogP contribution in [0.25, 0.3) is 5.65 Å². The lowest BCUT2D eigenvalue weighted by Crippen LogP contribution is -2.59. The molecule has 3 rings (SSSR count). The van der Waals surface area contributed by atoms with Gasteiger partial charge in [-0.3, -0.25) is 9.59 Å². The van der Waals surface area contributed by atoms with E-state index in [0.717, 1.165) is 11.3 Å². The molecule has 110 valence electrons. The fourth-order valence-corrected chi connectivity index (χ4v) is 2.57. The Labute approximate surface area is 122 Å². The molecule has 1 fully saturated rings. The number of amides is 2. The first-order valence-electron chi connectivity index (χ1n) is 7.05. The van der Waals surface area contributed by atoms with E-state index in [1.807, 2.05) is 48.8 Å². The van der Waals surface area contributed by atoms with Crippen molar-refractivity contribution in [1.29, 1.82) is 0 Å². The number of piperazine rings is 1. The minimum absolute atomic E-state index is 0.0401. The summed E-state index contributed by atoms with van der Waals surface area (Å²) >= 11 is 0. The first-order chi connectivity index (χ1) is 10.0. The molecule has 6 heteroatoms. The predicted molar refractivity (Wildman–Crippen MR) is 77.4 cm³/mol. The van der Waals surface area contributed by atoms with Crippen molar-refractivity contribution < 1.29 is 9.59 Å². The fraction of sp³-hybridized carbons (Fsp3) is 0.400. The van der Waals surface area contributed by atoms with Crippen LogP contribution in [0.3, 0.4) is 0 Å². The van der Waals surface area contributed by atoms with E-state index in [0.29, 0.717) is 6.54 Å². The van der Waals surface area contributed by atoms with Crippen LogP contribution in [-0.2, 0) is 16.1 Å². The van der Waals surface area contributed by atoms with Gasteiger partial charge in [-0.15, -0.1) is 0 Å². The fourth-order valence-electron chi connectivity index (χ4n) is 2.57. The lowest BCUT2D eigenvalue weighted by Gasteiger charge is -2.33. The molecule has 2 aromatic heterocycles. The molecule has 1 aliphatic heterocycles. The number of aromatic nitrogens is 2. The van der Waals surface area contributed by atoms with Crippen molar-refractivity contribution in [3.63, 3.8) is 0 Å². The Morgan fingerprint density at radius 1 is 1.38 bits per heavy atom. The summed E-state index contributed by atoms with van der Waals surface area (Å²) in [5, 5.41) is 2.75. The molecule has 1 aliphatic rings. The van der Waals surface area contributed by atoms with Gasteiger partial charge in [0.15, 0.2) is 0 Å². The highest BCUT2D eigenvalue weighted by atomic mass is 16.2. The minimum Gasteiger partial charge on any atom is -0.343 e. The van der Waals surface area contributed by atoms with Crippen molar-refractivity contribution in [3.8, 4) is 0 Å². The first kappa shape index (κ1) is 13.6. The maximum atomic E-state index is 12.4. The van der Waals surface area contributed by atoms with Gasteiger partial charge < -0.3 is 14.6 Å². The lowest BCUT2D eigenvalue weighted by atomic mass is 10.0. The van der Waals surface area contributed by atoms with Crippen molar-refractivity contribution in [2.45, 2.75) is 26.4 Å². The molecule has 0 spiro atoms. The Morgan fingerprint density at radius 2 is 2.19 bits per heavy atom. The smallest absolute Gasteiger partial charge is 0.246 e. The normalized spacial score (nSPS) is 19.4. The molecule has 2 amide bonds. The average molecular weight is 286 g/mol. The molecular weight excluding hydrogens is 268 g/mol. The summed E-state index contributed by atoms with van der Waals surface area (Å²) < 4.78 is 1.91. The summed E-state index contributed by atoms with van der Waals surface area (Å²) in [6.45, 7) is 4.31. The Bertz CT molecular complexity index is 659. The third kappa shape index (κ3) is 2.61. The Balaban J connectivity index is 1.82. The molecule has 1 N–H and O–H groups in total. The van der Waals surface area contributed by atoms with Gasteiger partial charge in [-0.25, -0.2) is 4.98 Å². The summed E-state index contributed by atoms with van der Waals surface area (Å²) in [5.41, 5.74) is 1.62. The van der Waals surface area contributed by atoms with Crippen LogP contribution < -0.4 is 5.32 Å². The number of pyridine rings is 1. The van der Waals surface area contributed by atoms with Gasteiger partial charge in [0.25, 0.3) is 0 Å². The highest BCUT2D eigenvalue weighted by molar-refractivity contribution is 5.94. The van der Waals surface area contributed by atoms with Gasteiger partial charge >= 0.3 is 0 Å². The molecule has 3 heterocycles. The number of carbonyl (C=O) groups is 2. The molecular formula is C15H18N4O2. The largest absolute Gasteiger partial charge is 0.343 e. The zero-order chi connectivity index (χ0) is 15.0. The van der Waals surface area contributed by atoms with E-state index in [4.69, 9.17) is 0 Å². The number of nitrogens with zero attached hydrogens (tertiary/aromatic N) is 3. The number of nitrogens with one attached hydrogen (secondary N) is 1. The van der Waals surface area contributed by atoms with Crippen LogP contribution in [0.4, 0.5) is 0 Å². The minimum atomic E-state index is -0.441. The highest BCUT2D eigenvalue weighted by Gasteiger charge is 2.34. The molecule has 6 nitrogen and oxygen atoms in total. The standard InChI is InChI=1S/C15H18N4O2/c1-10(2)14-15(21)19(9-13(20)17-14)8-11-7-18-6-4-3-5-12(18)16-11/h3-7,10,14H,8-9H2,1-2H3,(H,17,20). The second-order valence-electron chi connectivity index (χ2n) is 5.68. The third-order valence-electron chi connectivity index (χ3n) is 3.66. The maximum Gasteiger partial charge on any atom is 0.246 e. The molecule has 0 aliphatic carbocycles. The first-order valence-corrected chi connectivity index (χ1v) is 7.05. The van der Waals surface area contributed by atoms with Gasteiger partial charge in [-0.1, -0.05) is 19.9 Å². The Kier molecular flexibility index (Phi) is 3.37. The van der Waals surface area contributed by atoms with E-state index in [-0.39, 0.29) is 24.3 Å². The van der Waals surface area contributed by atoms with E-state index in [2.05, 4.69) is 10.3 Å². The number of hydrogen-bond donors (Lipinski definition) is 1. The van der Waals surface area contributed by atoms with Crippen LogP contribution in [0.2, 0.25) is 0 Å². The van der Waals surface area contributed by atoms with Crippen molar-refractivity contribution in [2.75, 3.05) is 6.54 Å². The van der Waals surface area contributed by atoms with Crippen LogP contribution in [0, 0.1) is 5.92 Å². The number of carbonyl (C=O) groups excluding carboxylic acids is 2. The molecule has 0 bridgehead atoms. The van der Waals surface area contributed by atoms with Gasteiger partial charge in [0.1, 0.15) is 18.2 Å². The maximum absolute atomic E-state index is 12.4. The zero-order valence-corrected chi connectivity index (χ0v) is 12.1. The van der Waals surface area contributed by atoms with E-state index >= 15 is 0 Å². The van der Waals surface area contributed by atoms with Crippen molar-refractivity contribution in [1.82, 2.24) is 19.6 Å². The summed E-state index contributed by atoms with van der Waals surface area (Å²) in [6.07, 6.45) is 3.80. The molecule has 0 aromatic carbocycles. The summed E-state index contributed by atoms with van der Waals surface area (Å²) in [5.74, 6) is -0.0796. The van der Waals surface area contributed by atoms with Crippen LogP contribution in [0.5, 0.6) is 0 Å². The molecule has 2 aromatic rings. The van der Waals surface area contributed by atoms with E-state index in [1.54, 1.807) is 4.90 Å². The molecule has 1 unspecified atom stereocenters. The van der Waals surface area contributed by atoms with Gasteiger partial charge in [0.05, 0.1) is 12.2 Å². The van der Waals surface area contributed by atoms with Crippen LogP contribution in [0.15, 0.2) is 30.6 Å². The highest BCUT2D eigenvalue weighted by Crippen LogP contribution is 2.14. The van der Waals surface area contributed by atoms with Crippen LogP contribution >= 0.6 is 0 Å². The second kappa shape index (κ2) is 5.20. The third-order valence-corrected chi connectivity index (χ3v) is 3.66. The van der Waals surface area contributed by atoms with Crippen molar-refractivity contribution >= 4 is 17.5 Å². The summed E-state index contributed by atoms with van der Waals surface area (Å²) in [4.78, 5) is 30.2. The van der Waals surface area contributed by atoms with Gasteiger partial charge in [0, 0.05) is 12.4 Å². The quantitative estimate of drug-likeness (QED) is 0.908. The second-order valence-corrected chi connectivity index (χ2v) is 5.68. The Hall–Kier alpha value is -2.37. The summed E-state index contributed by atoms with van der Waals surface area (Å²) in [7, 11) is 0. The number of rotatable bonds is 3. The van der Waals surface area contributed by atoms with E-state index in [1.165, 1.54) is 0 Å². The number of fused-ring (bicyclic) bond motifs is 1. The topological polar surface area (TPSA) is 66.7 Å².